The molecular formula is C19H23N5OS. The number of nitrogens with zero attached hydrogens (tertiary/aromatic N) is 4. The number of carbonyl (C=O) groups excluding carboxylic acids is 1. The van der Waals surface area contributed by atoms with Crippen LogP contribution < -0.4 is 5.32 Å². The predicted molar refractivity (Wildman–Crippen MR) is 104 cm³/mol. The third-order valence-electron chi connectivity index (χ3n) is 4.13. The first-order valence-electron chi connectivity index (χ1n) is 8.99. The molecule has 26 heavy (non-hydrogen) atoms. The van der Waals surface area contributed by atoms with E-state index in [-0.39, 0.29) is 5.91 Å². The minimum atomic E-state index is -0.194. The number of amides is 1. The van der Waals surface area contributed by atoms with Gasteiger partial charge >= 0.3 is 0 Å². The molecule has 7 heteroatoms. The zero-order valence-electron chi connectivity index (χ0n) is 15.1. The van der Waals surface area contributed by atoms with Crippen molar-refractivity contribution >= 4 is 22.4 Å². The molecule has 0 fully saturated rings. The molecular weight excluding hydrogens is 346 g/mol. The molecule has 2 heterocycles. The molecule has 3 aromatic rings. The van der Waals surface area contributed by atoms with Crippen LogP contribution in [0.1, 0.15) is 54.2 Å². The van der Waals surface area contributed by atoms with Crippen molar-refractivity contribution in [2.75, 3.05) is 5.32 Å². The highest BCUT2D eigenvalue weighted by Crippen LogP contribution is 2.20. The van der Waals surface area contributed by atoms with Gasteiger partial charge in [-0.05, 0) is 25.0 Å². The number of hydrogen-bond acceptors (Lipinski definition) is 5. The summed E-state index contributed by atoms with van der Waals surface area (Å²) in [6.07, 6.45) is 6.68. The quantitative estimate of drug-likeness (QED) is 0.602. The molecule has 0 aliphatic heterocycles. The van der Waals surface area contributed by atoms with Crippen LogP contribution in [0.5, 0.6) is 0 Å². The van der Waals surface area contributed by atoms with Crippen LogP contribution in [0.15, 0.2) is 36.5 Å². The second-order valence-electron chi connectivity index (χ2n) is 6.02. The predicted octanol–water partition coefficient (Wildman–Crippen LogP) is 4.27. The minimum absolute atomic E-state index is 0.194. The molecule has 0 unspecified atom stereocenters. The second kappa shape index (κ2) is 8.71. The van der Waals surface area contributed by atoms with Crippen LogP contribution in [0.2, 0.25) is 0 Å². The molecule has 0 aliphatic carbocycles. The van der Waals surface area contributed by atoms with Crippen LogP contribution in [0.25, 0.3) is 5.69 Å². The average molecular weight is 369 g/mol. The van der Waals surface area contributed by atoms with E-state index >= 15 is 0 Å². The normalized spacial score (nSPS) is 10.8. The van der Waals surface area contributed by atoms with Crippen molar-refractivity contribution < 1.29 is 4.79 Å². The summed E-state index contributed by atoms with van der Waals surface area (Å²) < 4.78 is 1.81. The SMILES string of the molecule is CCCCCc1nnc(NC(=O)c2cnn(-c3ccccc3)c2CC)s1. The number of aromatic nitrogens is 4. The van der Waals surface area contributed by atoms with E-state index in [2.05, 4.69) is 27.5 Å². The Labute approximate surface area is 157 Å². The Bertz CT molecular complexity index is 856. The van der Waals surface area contributed by atoms with Gasteiger partial charge in [-0.25, -0.2) is 4.68 Å². The molecule has 2 aromatic heterocycles. The van der Waals surface area contributed by atoms with E-state index in [0.29, 0.717) is 17.1 Å². The standard InChI is InChI=1S/C19H23N5OS/c1-3-5-7-12-17-22-23-19(26-17)21-18(25)15-13-20-24(16(15)4-2)14-10-8-6-9-11-14/h6,8-11,13H,3-5,7,12H2,1-2H3,(H,21,23,25). The Kier molecular flexibility index (Phi) is 6.12. The van der Waals surface area contributed by atoms with Gasteiger partial charge < -0.3 is 0 Å². The van der Waals surface area contributed by atoms with Gasteiger partial charge in [-0.15, -0.1) is 10.2 Å². The van der Waals surface area contributed by atoms with Gasteiger partial charge in [-0.1, -0.05) is 56.2 Å². The van der Waals surface area contributed by atoms with E-state index < -0.39 is 0 Å². The minimum Gasteiger partial charge on any atom is -0.296 e. The first-order chi connectivity index (χ1) is 12.7. The van der Waals surface area contributed by atoms with Gasteiger partial charge in [0.2, 0.25) is 5.13 Å². The summed E-state index contributed by atoms with van der Waals surface area (Å²) in [6, 6.07) is 9.82. The molecule has 1 N–H and O–H groups in total. The summed E-state index contributed by atoms with van der Waals surface area (Å²) in [5, 5.41) is 17.0. The van der Waals surface area contributed by atoms with Crippen molar-refractivity contribution in [1.82, 2.24) is 20.0 Å². The molecule has 1 aromatic carbocycles. The van der Waals surface area contributed by atoms with E-state index in [1.807, 2.05) is 41.9 Å². The number of benzene rings is 1. The van der Waals surface area contributed by atoms with Crippen molar-refractivity contribution in [1.29, 1.82) is 0 Å². The molecule has 3 rings (SSSR count). The summed E-state index contributed by atoms with van der Waals surface area (Å²) in [5.41, 5.74) is 2.39. The molecule has 0 saturated carbocycles. The molecule has 136 valence electrons. The van der Waals surface area contributed by atoms with Crippen molar-refractivity contribution in [3.8, 4) is 5.69 Å². The smallest absolute Gasteiger partial charge is 0.260 e. The Balaban J connectivity index is 1.73. The summed E-state index contributed by atoms with van der Waals surface area (Å²) in [5.74, 6) is -0.194. The first kappa shape index (κ1) is 18.3. The number of carbonyl (C=O) groups is 1. The Hall–Kier alpha value is -2.54. The van der Waals surface area contributed by atoms with E-state index in [9.17, 15) is 4.79 Å². The van der Waals surface area contributed by atoms with Crippen LogP contribution in [0.4, 0.5) is 5.13 Å². The maximum absolute atomic E-state index is 12.7. The zero-order chi connectivity index (χ0) is 18.4. The van der Waals surface area contributed by atoms with Crippen LogP contribution in [0, 0.1) is 0 Å². The highest BCUT2D eigenvalue weighted by Gasteiger charge is 2.18. The number of para-hydroxylation sites is 1. The lowest BCUT2D eigenvalue weighted by Gasteiger charge is -2.07. The highest BCUT2D eigenvalue weighted by molar-refractivity contribution is 7.15. The molecule has 0 spiro atoms. The number of hydrogen-bond donors (Lipinski definition) is 1. The maximum atomic E-state index is 12.7. The van der Waals surface area contributed by atoms with Crippen molar-refractivity contribution in [3.05, 3.63) is 52.8 Å². The van der Waals surface area contributed by atoms with Gasteiger partial charge in [0.05, 0.1) is 23.1 Å². The molecule has 0 radical (unpaired) electrons. The number of rotatable bonds is 8. The third-order valence-corrected chi connectivity index (χ3v) is 5.03. The van der Waals surface area contributed by atoms with Gasteiger partial charge in [0, 0.05) is 6.42 Å². The fourth-order valence-corrected chi connectivity index (χ4v) is 3.57. The van der Waals surface area contributed by atoms with Crippen molar-refractivity contribution in [3.63, 3.8) is 0 Å². The number of anilines is 1. The van der Waals surface area contributed by atoms with Crippen LogP contribution in [0.3, 0.4) is 0 Å². The molecule has 6 nitrogen and oxygen atoms in total. The summed E-state index contributed by atoms with van der Waals surface area (Å²) in [7, 11) is 0. The van der Waals surface area contributed by atoms with E-state index in [1.54, 1.807) is 6.20 Å². The molecule has 1 amide bonds. The van der Waals surface area contributed by atoms with Crippen molar-refractivity contribution in [2.24, 2.45) is 0 Å². The third kappa shape index (κ3) is 4.16. The average Bonchev–Trinajstić information content (AvgIpc) is 3.29. The van der Waals surface area contributed by atoms with E-state index in [1.165, 1.54) is 24.2 Å². The Morgan fingerprint density at radius 2 is 1.96 bits per heavy atom. The molecule has 0 aliphatic rings. The van der Waals surface area contributed by atoms with Gasteiger partial charge in [0.1, 0.15) is 5.01 Å². The molecule has 0 bridgehead atoms. The summed E-state index contributed by atoms with van der Waals surface area (Å²) >= 11 is 1.44. The van der Waals surface area contributed by atoms with E-state index in [0.717, 1.165) is 29.2 Å². The molecule has 0 atom stereocenters. The van der Waals surface area contributed by atoms with Crippen LogP contribution in [-0.4, -0.2) is 25.9 Å². The number of nitrogens with one attached hydrogen (secondary N) is 1. The van der Waals surface area contributed by atoms with Crippen molar-refractivity contribution in [2.45, 2.75) is 46.0 Å². The van der Waals surface area contributed by atoms with Gasteiger partial charge in [-0.2, -0.15) is 5.10 Å². The maximum Gasteiger partial charge on any atom is 0.260 e. The Morgan fingerprint density at radius 3 is 2.69 bits per heavy atom. The van der Waals surface area contributed by atoms with Gasteiger partial charge in [-0.3, -0.25) is 10.1 Å². The topological polar surface area (TPSA) is 72.7 Å². The van der Waals surface area contributed by atoms with E-state index in [4.69, 9.17) is 0 Å². The highest BCUT2D eigenvalue weighted by atomic mass is 32.1. The van der Waals surface area contributed by atoms with Gasteiger partial charge in [0.25, 0.3) is 5.91 Å². The largest absolute Gasteiger partial charge is 0.296 e. The van der Waals surface area contributed by atoms with Crippen LogP contribution >= 0.6 is 11.3 Å². The van der Waals surface area contributed by atoms with Crippen LogP contribution in [-0.2, 0) is 12.8 Å². The molecule has 0 saturated heterocycles. The number of unbranched alkanes of at least 4 members (excludes halogenated alkanes) is 2. The monoisotopic (exact) mass is 369 g/mol. The van der Waals surface area contributed by atoms with Gasteiger partial charge in [0.15, 0.2) is 0 Å². The Morgan fingerprint density at radius 1 is 1.15 bits per heavy atom. The fourth-order valence-electron chi connectivity index (χ4n) is 2.79. The first-order valence-corrected chi connectivity index (χ1v) is 9.80. The zero-order valence-corrected chi connectivity index (χ0v) is 15.9. The lowest BCUT2D eigenvalue weighted by Crippen LogP contribution is -2.14. The fraction of sp³-hybridized carbons (Fsp3) is 0.368. The number of aryl methyl sites for hydroxylation is 1. The lowest BCUT2D eigenvalue weighted by molar-refractivity contribution is 0.102. The summed E-state index contributed by atoms with van der Waals surface area (Å²) in [6.45, 7) is 4.19. The summed E-state index contributed by atoms with van der Waals surface area (Å²) in [4.78, 5) is 12.7. The second-order valence-corrected chi connectivity index (χ2v) is 7.08. The lowest BCUT2D eigenvalue weighted by atomic mass is 10.2.